The van der Waals surface area contributed by atoms with Crippen LogP contribution in [-0.4, -0.2) is 46.2 Å². The third kappa shape index (κ3) is 6.00. The number of hydrogen-bond acceptors (Lipinski definition) is 5. The summed E-state index contributed by atoms with van der Waals surface area (Å²) < 4.78 is 10.8. The molecule has 1 saturated heterocycles. The van der Waals surface area contributed by atoms with Crippen LogP contribution < -0.4 is 0 Å². The maximum atomic E-state index is 12.2. The summed E-state index contributed by atoms with van der Waals surface area (Å²) in [6, 6.07) is 5.44. The van der Waals surface area contributed by atoms with Gasteiger partial charge >= 0.3 is 12.1 Å². The van der Waals surface area contributed by atoms with Gasteiger partial charge in [-0.15, -0.1) is 0 Å². The molecule has 0 radical (unpaired) electrons. The van der Waals surface area contributed by atoms with Gasteiger partial charge in [-0.25, -0.2) is 14.6 Å². The van der Waals surface area contributed by atoms with Crippen LogP contribution in [0.5, 0.6) is 0 Å². The predicted molar refractivity (Wildman–Crippen MR) is 99.2 cm³/mol. The van der Waals surface area contributed by atoms with Gasteiger partial charge in [-0.3, -0.25) is 0 Å². The van der Waals surface area contributed by atoms with E-state index in [1.54, 1.807) is 11.0 Å². The standard InChI is InChI=1S/C20H30N2O4/c1-19(2,3)25-17(23)16-9-7-8-15(21-16)14-10-12-22(13-11-14)18(24)26-20(4,5)6/h7-9,14H,10-13H2,1-6H3. The number of piperidine rings is 1. The molecule has 0 unspecified atom stereocenters. The Kier molecular flexibility index (Phi) is 5.94. The first-order valence-corrected chi connectivity index (χ1v) is 9.13. The normalized spacial score (nSPS) is 16.3. The summed E-state index contributed by atoms with van der Waals surface area (Å²) in [6.45, 7) is 12.3. The molecule has 0 atom stereocenters. The molecule has 1 aromatic heterocycles. The summed E-state index contributed by atoms with van der Waals surface area (Å²) in [5, 5.41) is 0. The molecule has 144 valence electrons. The fourth-order valence-electron chi connectivity index (χ4n) is 2.81. The number of carbonyl (C=O) groups excluding carboxylic acids is 2. The minimum atomic E-state index is -0.548. The number of likely N-dealkylation sites (tertiary alicyclic amines) is 1. The largest absolute Gasteiger partial charge is 0.455 e. The van der Waals surface area contributed by atoms with Crippen molar-refractivity contribution in [1.29, 1.82) is 0 Å². The monoisotopic (exact) mass is 362 g/mol. The van der Waals surface area contributed by atoms with Crippen molar-refractivity contribution in [3.05, 3.63) is 29.6 Å². The average molecular weight is 362 g/mol. The maximum absolute atomic E-state index is 12.2. The summed E-state index contributed by atoms with van der Waals surface area (Å²) in [4.78, 5) is 30.6. The van der Waals surface area contributed by atoms with Crippen molar-refractivity contribution in [2.45, 2.75) is 71.5 Å². The highest BCUT2D eigenvalue weighted by Gasteiger charge is 2.28. The molecule has 1 amide bonds. The maximum Gasteiger partial charge on any atom is 0.410 e. The highest BCUT2D eigenvalue weighted by Crippen LogP contribution is 2.28. The molecular weight excluding hydrogens is 332 g/mol. The SMILES string of the molecule is CC(C)(C)OC(=O)c1cccc(C2CCN(C(=O)OC(C)(C)C)CC2)n1. The van der Waals surface area contributed by atoms with E-state index >= 15 is 0 Å². The number of aromatic nitrogens is 1. The Morgan fingerprint density at radius 2 is 1.58 bits per heavy atom. The van der Waals surface area contributed by atoms with E-state index in [1.165, 1.54) is 0 Å². The number of ether oxygens (including phenoxy) is 2. The van der Waals surface area contributed by atoms with E-state index in [1.807, 2.05) is 53.7 Å². The van der Waals surface area contributed by atoms with E-state index in [9.17, 15) is 9.59 Å². The molecule has 0 spiro atoms. The van der Waals surface area contributed by atoms with Gasteiger partial charge in [-0.2, -0.15) is 0 Å². The Hall–Kier alpha value is -2.11. The summed E-state index contributed by atoms with van der Waals surface area (Å²) in [7, 11) is 0. The second kappa shape index (κ2) is 7.64. The lowest BCUT2D eigenvalue weighted by atomic mass is 9.93. The molecule has 6 heteroatoms. The van der Waals surface area contributed by atoms with E-state index in [4.69, 9.17) is 9.47 Å². The fraction of sp³-hybridized carbons (Fsp3) is 0.650. The highest BCUT2D eigenvalue weighted by atomic mass is 16.6. The Balaban J connectivity index is 1.98. The molecule has 26 heavy (non-hydrogen) atoms. The molecule has 0 aliphatic carbocycles. The molecule has 1 aliphatic rings. The average Bonchev–Trinajstić information content (AvgIpc) is 2.52. The lowest BCUT2D eigenvalue weighted by Gasteiger charge is -2.33. The van der Waals surface area contributed by atoms with Crippen molar-refractivity contribution in [2.24, 2.45) is 0 Å². The van der Waals surface area contributed by atoms with Crippen LogP contribution in [0.4, 0.5) is 4.79 Å². The van der Waals surface area contributed by atoms with E-state index in [-0.39, 0.29) is 12.0 Å². The summed E-state index contributed by atoms with van der Waals surface area (Å²) >= 11 is 0. The van der Waals surface area contributed by atoms with Crippen LogP contribution in [0.25, 0.3) is 0 Å². The van der Waals surface area contributed by atoms with Gasteiger partial charge < -0.3 is 14.4 Å². The predicted octanol–water partition coefficient (Wildman–Crippen LogP) is 4.15. The summed E-state index contributed by atoms with van der Waals surface area (Å²) in [6.07, 6.45) is 1.32. The van der Waals surface area contributed by atoms with E-state index in [0.29, 0.717) is 18.8 Å². The molecule has 2 heterocycles. The Bertz CT molecular complexity index is 651. The van der Waals surface area contributed by atoms with Gasteiger partial charge in [0.25, 0.3) is 0 Å². The van der Waals surface area contributed by atoms with Gasteiger partial charge in [0.2, 0.25) is 0 Å². The minimum Gasteiger partial charge on any atom is -0.455 e. The molecule has 0 saturated carbocycles. The number of amides is 1. The van der Waals surface area contributed by atoms with Crippen LogP contribution >= 0.6 is 0 Å². The van der Waals surface area contributed by atoms with Crippen LogP contribution in [0.15, 0.2) is 18.2 Å². The first kappa shape index (κ1) is 20.2. The lowest BCUT2D eigenvalue weighted by molar-refractivity contribution is 0.00621. The Morgan fingerprint density at radius 3 is 2.12 bits per heavy atom. The van der Waals surface area contributed by atoms with Crippen molar-refractivity contribution >= 4 is 12.1 Å². The smallest absolute Gasteiger partial charge is 0.410 e. The Morgan fingerprint density at radius 1 is 1.00 bits per heavy atom. The van der Waals surface area contributed by atoms with Crippen molar-refractivity contribution in [1.82, 2.24) is 9.88 Å². The molecule has 0 aromatic carbocycles. The third-order valence-electron chi connectivity index (χ3n) is 3.94. The highest BCUT2D eigenvalue weighted by molar-refractivity contribution is 5.87. The van der Waals surface area contributed by atoms with E-state index in [0.717, 1.165) is 18.5 Å². The molecule has 0 N–H and O–H groups in total. The molecule has 2 rings (SSSR count). The first-order valence-electron chi connectivity index (χ1n) is 9.13. The molecule has 1 fully saturated rings. The minimum absolute atomic E-state index is 0.219. The van der Waals surface area contributed by atoms with Crippen molar-refractivity contribution in [3.8, 4) is 0 Å². The summed E-state index contributed by atoms with van der Waals surface area (Å²) in [5.41, 5.74) is 0.161. The molecule has 6 nitrogen and oxygen atoms in total. The van der Waals surface area contributed by atoms with Crippen LogP contribution in [0.1, 0.15) is 76.5 Å². The number of carbonyl (C=O) groups is 2. The van der Waals surface area contributed by atoms with Crippen LogP contribution in [0, 0.1) is 0 Å². The molecule has 1 aromatic rings. The number of pyridine rings is 1. The van der Waals surface area contributed by atoms with Gasteiger partial charge in [-0.1, -0.05) is 6.07 Å². The van der Waals surface area contributed by atoms with Gasteiger partial charge in [0.1, 0.15) is 16.9 Å². The van der Waals surface area contributed by atoms with E-state index < -0.39 is 17.2 Å². The zero-order valence-electron chi connectivity index (χ0n) is 16.7. The quantitative estimate of drug-likeness (QED) is 0.739. The fourth-order valence-corrected chi connectivity index (χ4v) is 2.81. The molecule has 1 aliphatic heterocycles. The number of hydrogen-bond donors (Lipinski definition) is 0. The van der Waals surface area contributed by atoms with Crippen molar-refractivity contribution in [2.75, 3.05) is 13.1 Å². The first-order chi connectivity index (χ1) is 11.9. The van der Waals surface area contributed by atoms with Crippen LogP contribution in [0.2, 0.25) is 0 Å². The second-order valence-corrected chi connectivity index (χ2v) is 8.69. The molecule has 0 bridgehead atoms. The summed E-state index contributed by atoms with van der Waals surface area (Å²) in [5.74, 6) is -0.193. The number of esters is 1. The van der Waals surface area contributed by atoms with Gasteiger partial charge in [0.05, 0.1) is 0 Å². The van der Waals surface area contributed by atoms with Crippen molar-refractivity contribution in [3.63, 3.8) is 0 Å². The van der Waals surface area contributed by atoms with Gasteiger partial charge in [0.15, 0.2) is 0 Å². The zero-order chi connectivity index (χ0) is 19.5. The van der Waals surface area contributed by atoms with Gasteiger partial charge in [-0.05, 0) is 66.5 Å². The van der Waals surface area contributed by atoms with Crippen LogP contribution in [0.3, 0.4) is 0 Å². The topological polar surface area (TPSA) is 68.7 Å². The number of nitrogens with zero attached hydrogens (tertiary/aromatic N) is 2. The van der Waals surface area contributed by atoms with Crippen molar-refractivity contribution < 1.29 is 19.1 Å². The van der Waals surface area contributed by atoms with Crippen LogP contribution in [-0.2, 0) is 9.47 Å². The second-order valence-electron chi connectivity index (χ2n) is 8.69. The van der Waals surface area contributed by atoms with E-state index in [2.05, 4.69) is 4.98 Å². The third-order valence-corrected chi connectivity index (χ3v) is 3.94. The number of rotatable bonds is 2. The zero-order valence-corrected chi connectivity index (χ0v) is 16.7. The lowest BCUT2D eigenvalue weighted by Crippen LogP contribution is -2.41. The van der Waals surface area contributed by atoms with Gasteiger partial charge in [0, 0.05) is 24.7 Å². The molecular formula is C20H30N2O4. The Labute approximate surface area is 155 Å².